The summed E-state index contributed by atoms with van der Waals surface area (Å²) < 4.78 is 0. The Morgan fingerprint density at radius 1 is 1.07 bits per heavy atom. The molecule has 0 amide bonds. The fraction of sp³-hybridized carbons (Fsp3) is 0.286. The summed E-state index contributed by atoms with van der Waals surface area (Å²) in [4.78, 5) is 0. The summed E-state index contributed by atoms with van der Waals surface area (Å²) in [5.74, 6) is 0. The Kier molecular flexibility index (Phi) is 4.18. The third kappa shape index (κ3) is 2.35. The van der Waals surface area contributed by atoms with E-state index in [1.54, 1.807) is 0 Å². The van der Waals surface area contributed by atoms with Crippen LogP contribution in [0.2, 0.25) is 0 Å². The second-order valence-electron chi connectivity index (χ2n) is 3.11. The van der Waals surface area contributed by atoms with Crippen molar-refractivity contribution >= 4 is 11.6 Å². The van der Waals surface area contributed by atoms with Crippen molar-refractivity contribution in [3.63, 3.8) is 0 Å². The fourth-order valence-electron chi connectivity index (χ4n) is 1.56. The van der Waals surface area contributed by atoms with Gasteiger partial charge in [-0.05, 0) is 29.4 Å². The summed E-state index contributed by atoms with van der Waals surface area (Å²) >= 11 is 0. The van der Waals surface area contributed by atoms with Crippen LogP contribution in [-0.2, 0) is 0 Å². The van der Waals surface area contributed by atoms with Crippen molar-refractivity contribution in [2.45, 2.75) is 27.2 Å². The van der Waals surface area contributed by atoms with Gasteiger partial charge in [0, 0.05) is 0 Å². The van der Waals surface area contributed by atoms with Crippen LogP contribution < -0.4 is 10.4 Å². The summed E-state index contributed by atoms with van der Waals surface area (Å²) in [5, 5.41) is 2.73. The van der Waals surface area contributed by atoms with Gasteiger partial charge in [-0.3, -0.25) is 0 Å². The van der Waals surface area contributed by atoms with E-state index in [2.05, 4.69) is 49.4 Å². The van der Waals surface area contributed by atoms with Crippen molar-refractivity contribution in [2.24, 2.45) is 0 Å². The van der Waals surface area contributed by atoms with Crippen LogP contribution in [0.5, 0.6) is 0 Å². The van der Waals surface area contributed by atoms with Crippen molar-refractivity contribution in [2.75, 3.05) is 0 Å². The van der Waals surface area contributed by atoms with Gasteiger partial charge in [-0.2, -0.15) is 0 Å². The Hall–Kier alpha value is -1.30. The molecule has 0 radical (unpaired) electrons. The predicted molar refractivity (Wildman–Crippen MR) is 64.3 cm³/mol. The fourth-order valence-corrected chi connectivity index (χ4v) is 1.56. The average molecular weight is 186 g/mol. The molecular formula is C14H18. The molecule has 14 heavy (non-hydrogen) atoms. The lowest BCUT2D eigenvalue weighted by Crippen LogP contribution is -2.24. The van der Waals surface area contributed by atoms with Crippen molar-refractivity contribution < 1.29 is 0 Å². The molecule has 1 aliphatic carbocycles. The van der Waals surface area contributed by atoms with Crippen LogP contribution >= 0.6 is 0 Å². The first-order valence-corrected chi connectivity index (χ1v) is 5.30. The number of benzene rings is 1. The summed E-state index contributed by atoms with van der Waals surface area (Å²) in [6, 6.07) is 8.53. The molecule has 2 rings (SSSR count). The van der Waals surface area contributed by atoms with Crippen molar-refractivity contribution in [1.82, 2.24) is 0 Å². The van der Waals surface area contributed by atoms with E-state index < -0.39 is 0 Å². The molecule has 0 aliphatic heterocycles. The summed E-state index contributed by atoms with van der Waals surface area (Å²) in [6.45, 7) is 6.16. The van der Waals surface area contributed by atoms with E-state index in [0.29, 0.717) is 0 Å². The van der Waals surface area contributed by atoms with E-state index in [9.17, 15) is 0 Å². The normalized spacial score (nSPS) is 13.2. The average Bonchev–Trinajstić information content (AvgIpc) is 2.45. The number of hydrogen-bond acceptors (Lipinski definition) is 0. The molecule has 0 nitrogen and oxygen atoms in total. The first-order valence-electron chi connectivity index (χ1n) is 5.30. The van der Waals surface area contributed by atoms with Gasteiger partial charge in [0.2, 0.25) is 0 Å². The lowest BCUT2D eigenvalue weighted by atomic mass is 10.1. The molecule has 0 spiro atoms. The zero-order chi connectivity index (χ0) is 10.4. The zero-order valence-electron chi connectivity index (χ0n) is 9.25. The minimum absolute atomic E-state index is 1.05. The van der Waals surface area contributed by atoms with E-state index >= 15 is 0 Å². The molecule has 1 aromatic carbocycles. The van der Waals surface area contributed by atoms with Gasteiger partial charge in [0.05, 0.1) is 0 Å². The summed E-state index contributed by atoms with van der Waals surface area (Å²) in [6.07, 6.45) is 7.72. The zero-order valence-corrected chi connectivity index (χ0v) is 9.25. The van der Waals surface area contributed by atoms with Crippen LogP contribution in [0.1, 0.15) is 27.2 Å². The van der Waals surface area contributed by atoms with Crippen molar-refractivity contribution in [1.29, 1.82) is 0 Å². The SMILES string of the molecule is CC.CC1=c2ccccc2=CCC=C1. The maximum Gasteiger partial charge on any atom is -0.0157 e. The Balaban J connectivity index is 0.000000461. The first kappa shape index (κ1) is 10.8. The molecule has 0 heterocycles. The molecule has 0 unspecified atom stereocenters. The summed E-state index contributed by atoms with van der Waals surface area (Å²) in [7, 11) is 0. The summed E-state index contributed by atoms with van der Waals surface area (Å²) in [5.41, 5.74) is 1.36. The van der Waals surface area contributed by atoms with Gasteiger partial charge in [0.25, 0.3) is 0 Å². The standard InChI is InChI=1S/C12H12.C2H6/c1-10-6-2-3-7-11-8-4-5-9-12(10)11;1-2/h2,4-9H,3H2,1H3;1-2H3. The lowest BCUT2D eigenvalue weighted by molar-refractivity contribution is 1.45. The molecule has 0 atom stereocenters. The van der Waals surface area contributed by atoms with Gasteiger partial charge in [0.15, 0.2) is 0 Å². The quantitative estimate of drug-likeness (QED) is 0.584. The van der Waals surface area contributed by atoms with E-state index in [1.165, 1.54) is 16.0 Å². The van der Waals surface area contributed by atoms with Crippen LogP contribution in [0, 0.1) is 0 Å². The molecule has 1 aliphatic rings. The second kappa shape index (κ2) is 5.43. The van der Waals surface area contributed by atoms with E-state index in [-0.39, 0.29) is 0 Å². The topological polar surface area (TPSA) is 0 Å². The second-order valence-corrected chi connectivity index (χ2v) is 3.11. The Bertz CT molecular complexity index is 422. The molecule has 0 heteroatoms. The van der Waals surface area contributed by atoms with Crippen LogP contribution in [0.3, 0.4) is 0 Å². The maximum absolute atomic E-state index is 2.27. The molecule has 0 N–H and O–H groups in total. The van der Waals surface area contributed by atoms with Crippen LogP contribution in [0.4, 0.5) is 0 Å². The third-order valence-electron chi connectivity index (χ3n) is 2.23. The number of hydrogen-bond donors (Lipinski definition) is 0. The third-order valence-corrected chi connectivity index (χ3v) is 2.23. The number of fused-ring (bicyclic) bond motifs is 1. The maximum atomic E-state index is 2.27. The molecule has 0 saturated carbocycles. The predicted octanol–water partition coefficient (Wildman–Crippen LogP) is 2.62. The highest BCUT2D eigenvalue weighted by Gasteiger charge is 1.91. The van der Waals surface area contributed by atoms with Crippen molar-refractivity contribution in [3.05, 3.63) is 46.9 Å². The first-order chi connectivity index (χ1) is 6.88. The van der Waals surface area contributed by atoms with Crippen LogP contribution in [0.15, 0.2) is 36.4 Å². The lowest BCUT2D eigenvalue weighted by Gasteiger charge is -1.91. The minimum Gasteiger partial charge on any atom is -0.0804 e. The van der Waals surface area contributed by atoms with Gasteiger partial charge < -0.3 is 0 Å². The van der Waals surface area contributed by atoms with Crippen molar-refractivity contribution in [3.8, 4) is 0 Å². The Labute approximate surface area is 86.3 Å². The van der Waals surface area contributed by atoms with Gasteiger partial charge in [0.1, 0.15) is 0 Å². The van der Waals surface area contributed by atoms with Crippen LogP contribution in [0.25, 0.3) is 11.6 Å². The van der Waals surface area contributed by atoms with E-state index in [0.717, 1.165) is 6.42 Å². The van der Waals surface area contributed by atoms with Crippen LogP contribution in [-0.4, -0.2) is 0 Å². The number of allylic oxidation sites excluding steroid dienone is 2. The molecule has 0 aromatic heterocycles. The van der Waals surface area contributed by atoms with Gasteiger partial charge in [-0.15, -0.1) is 0 Å². The van der Waals surface area contributed by atoms with Gasteiger partial charge >= 0.3 is 0 Å². The van der Waals surface area contributed by atoms with E-state index in [1.807, 2.05) is 13.8 Å². The highest BCUT2D eigenvalue weighted by Crippen LogP contribution is 1.97. The molecule has 1 aromatic rings. The highest BCUT2D eigenvalue weighted by atomic mass is 14.0. The Morgan fingerprint density at radius 3 is 2.57 bits per heavy atom. The largest absolute Gasteiger partial charge is 0.0804 e. The molecule has 74 valence electrons. The molecule has 0 fully saturated rings. The molecular weight excluding hydrogens is 168 g/mol. The van der Waals surface area contributed by atoms with Gasteiger partial charge in [-0.25, -0.2) is 0 Å². The molecule has 0 saturated heterocycles. The Morgan fingerprint density at radius 2 is 1.79 bits per heavy atom. The number of rotatable bonds is 0. The van der Waals surface area contributed by atoms with Gasteiger partial charge in [-0.1, -0.05) is 56.3 Å². The highest BCUT2D eigenvalue weighted by molar-refractivity contribution is 5.56. The monoisotopic (exact) mass is 186 g/mol. The molecule has 0 bridgehead atoms. The van der Waals surface area contributed by atoms with E-state index in [4.69, 9.17) is 0 Å². The minimum atomic E-state index is 1.05. The smallest absolute Gasteiger partial charge is 0.0157 e.